The SMILES string of the molecule is O=C(O)C(=O)c1c(-c2ccco2)[nH]c2ccc(F)cc12. The van der Waals surface area contributed by atoms with Gasteiger partial charge in [-0.15, -0.1) is 0 Å². The Hall–Kier alpha value is -2.89. The zero-order valence-electron chi connectivity index (χ0n) is 10.0. The number of hydrogen-bond donors (Lipinski definition) is 2. The molecule has 0 radical (unpaired) electrons. The quantitative estimate of drug-likeness (QED) is 0.567. The van der Waals surface area contributed by atoms with Crippen LogP contribution in [0.1, 0.15) is 10.4 Å². The molecule has 6 heteroatoms. The minimum absolute atomic E-state index is 0.109. The van der Waals surface area contributed by atoms with Crippen molar-refractivity contribution in [1.82, 2.24) is 4.98 Å². The molecule has 0 amide bonds. The van der Waals surface area contributed by atoms with Crippen LogP contribution in [0.2, 0.25) is 0 Å². The lowest BCUT2D eigenvalue weighted by atomic mass is 10.1. The lowest BCUT2D eigenvalue weighted by Crippen LogP contribution is -2.13. The van der Waals surface area contributed by atoms with Gasteiger partial charge in [-0.2, -0.15) is 0 Å². The summed E-state index contributed by atoms with van der Waals surface area (Å²) in [5, 5.41) is 9.13. The Morgan fingerprint density at radius 2 is 2.05 bits per heavy atom. The van der Waals surface area contributed by atoms with Crippen molar-refractivity contribution in [3.8, 4) is 11.5 Å². The average molecular weight is 273 g/mol. The van der Waals surface area contributed by atoms with Crippen LogP contribution in [0.15, 0.2) is 41.0 Å². The van der Waals surface area contributed by atoms with E-state index in [4.69, 9.17) is 9.52 Å². The van der Waals surface area contributed by atoms with Crippen molar-refractivity contribution in [2.75, 3.05) is 0 Å². The number of fused-ring (bicyclic) bond motifs is 1. The molecule has 3 rings (SSSR count). The Morgan fingerprint density at radius 1 is 1.25 bits per heavy atom. The van der Waals surface area contributed by atoms with Crippen molar-refractivity contribution in [1.29, 1.82) is 0 Å². The summed E-state index contributed by atoms with van der Waals surface area (Å²) >= 11 is 0. The summed E-state index contributed by atoms with van der Waals surface area (Å²) in [5.41, 5.74) is 0.576. The lowest BCUT2D eigenvalue weighted by molar-refractivity contribution is -0.131. The minimum Gasteiger partial charge on any atom is -0.475 e. The smallest absolute Gasteiger partial charge is 0.377 e. The van der Waals surface area contributed by atoms with Crippen LogP contribution in [0.25, 0.3) is 22.4 Å². The van der Waals surface area contributed by atoms with Gasteiger partial charge in [0.05, 0.1) is 17.5 Å². The van der Waals surface area contributed by atoms with E-state index in [9.17, 15) is 14.0 Å². The first-order valence-electron chi connectivity index (χ1n) is 5.70. The highest BCUT2D eigenvalue weighted by Crippen LogP contribution is 2.31. The van der Waals surface area contributed by atoms with Crippen molar-refractivity contribution in [2.45, 2.75) is 0 Å². The second-order valence-electron chi connectivity index (χ2n) is 4.18. The van der Waals surface area contributed by atoms with E-state index < -0.39 is 17.6 Å². The third-order valence-electron chi connectivity index (χ3n) is 2.95. The van der Waals surface area contributed by atoms with E-state index in [0.29, 0.717) is 11.3 Å². The maximum absolute atomic E-state index is 13.3. The van der Waals surface area contributed by atoms with Gasteiger partial charge in [0.25, 0.3) is 5.78 Å². The Bertz CT molecular complexity index is 817. The molecule has 1 aromatic carbocycles. The van der Waals surface area contributed by atoms with Crippen molar-refractivity contribution in [3.63, 3.8) is 0 Å². The number of ketones is 1. The third-order valence-corrected chi connectivity index (χ3v) is 2.95. The Morgan fingerprint density at radius 3 is 2.70 bits per heavy atom. The molecule has 0 aliphatic rings. The predicted molar refractivity (Wildman–Crippen MR) is 67.9 cm³/mol. The van der Waals surface area contributed by atoms with Crippen LogP contribution in [0.4, 0.5) is 4.39 Å². The lowest BCUT2D eigenvalue weighted by Gasteiger charge is -1.98. The summed E-state index contributed by atoms with van der Waals surface area (Å²) in [5.74, 6) is -2.97. The first kappa shape index (κ1) is 12.2. The number of carbonyl (C=O) groups is 2. The van der Waals surface area contributed by atoms with E-state index in [1.165, 1.54) is 18.4 Å². The summed E-state index contributed by atoms with van der Waals surface area (Å²) in [6.07, 6.45) is 1.40. The Balaban J connectivity index is 2.37. The van der Waals surface area contributed by atoms with Gasteiger partial charge in [-0.05, 0) is 30.3 Å². The fraction of sp³-hybridized carbons (Fsp3) is 0. The third kappa shape index (κ3) is 1.78. The number of halogens is 1. The molecule has 5 nitrogen and oxygen atoms in total. The molecule has 2 N–H and O–H groups in total. The van der Waals surface area contributed by atoms with Gasteiger partial charge < -0.3 is 14.5 Å². The number of aromatic amines is 1. The highest BCUT2D eigenvalue weighted by atomic mass is 19.1. The molecule has 0 aliphatic carbocycles. The van der Waals surface area contributed by atoms with Gasteiger partial charge in [-0.1, -0.05) is 0 Å². The van der Waals surface area contributed by atoms with Crippen LogP contribution >= 0.6 is 0 Å². The second kappa shape index (κ2) is 4.34. The molecule has 0 spiro atoms. The molecule has 0 saturated carbocycles. The first-order valence-corrected chi connectivity index (χ1v) is 5.70. The van der Waals surface area contributed by atoms with Crippen LogP contribution in [0, 0.1) is 5.82 Å². The van der Waals surface area contributed by atoms with E-state index in [-0.39, 0.29) is 16.6 Å². The van der Waals surface area contributed by atoms with Crippen molar-refractivity contribution < 1.29 is 23.5 Å². The number of rotatable bonds is 3. The number of aliphatic carboxylic acids is 1. The normalized spacial score (nSPS) is 10.8. The minimum atomic E-state index is -1.61. The summed E-state index contributed by atoms with van der Waals surface area (Å²) in [6.45, 7) is 0. The van der Waals surface area contributed by atoms with Gasteiger partial charge in [0.2, 0.25) is 0 Å². The summed E-state index contributed by atoms with van der Waals surface area (Å²) in [4.78, 5) is 25.7. The molecule has 3 aromatic rings. The van der Waals surface area contributed by atoms with Crippen molar-refractivity contribution in [3.05, 3.63) is 48.0 Å². The zero-order valence-corrected chi connectivity index (χ0v) is 10.0. The maximum Gasteiger partial charge on any atom is 0.377 e. The molecule has 20 heavy (non-hydrogen) atoms. The fourth-order valence-corrected chi connectivity index (χ4v) is 2.11. The number of carboxylic acid groups (broad SMARTS) is 1. The van der Waals surface area contributed by atoms with Gasteiger partial charge in [0.15, 0.2) is 5.76 Å². The van der Waals surface area contributed by atoms with Crippen LogP contribution in [0.3, 0.4) is 0 Å². The monoisotopic (exact) mass is 273 g/mol. The van der Waals surface area contributed by atoms with Gasteiger partial charge in [-0.3, -0.25) is 4.79 Å². The van der Waals surface area contributed by atoms with Gasteiger partial charge in [0.1, 0.15) is 5.82 Å². The van der Waals surface area contributed by atoms with Crippen LogP contribution in [0.5, 0.6) is 0 Å². The zero-order chi connectivity index (χ0) is 14.3. The summed E-state index contributed by atoms with van der Waals surface area (Å²) < 4.78 is 18.5. The molecule has 2 heterocycles. The molecule has 0 unspecified atom stereocenters. The fourth-order valence-electron chi connectivity index (χ4n) is 2.11. The number of hydrogen-bond acceptors (Lipinski definition) is 3. The standard InChI is InChI=1S/C14H8FNO4/c15-7-3-4-9-8(6-7)11(13(17)14(18)19)12(16-9)10-2-1-5-20-10/h1-6,16H,(H,18,19). The molecular weight excluding hydrogens is 265 g/mol. The number of carbonyl (C=O) groups excluding carboxylic acids is 1. The molecule has 0 saturated heterocycles. The number of aromatic nitrogens is 1. The number of nitrogens with one attached hydrogen (secondary N) is 1. The van der Waals surface area contributed by atoms with Crippen LogP contribution in [-0.4, -0.2) is 21.8 Å². The summed E-state index contributed by atoms with van der Waals surface area (Å²) in [6, 6.07) is 6.97. The molecule has 0 fully saturated rings. The van der Waals surface area contributed by atoms with Gasteiger partial charge in [0, 0.05) is 10.9 Å². The van der Waals surface area contributed by atoms with Crippen LogP contribution < -0.4 is 0 Å². The van der Waals surface area contributed by atoms with Crippen molar-refractivity contribution in [2.24, 2.45) is 0 Å². The Kier molecular flexibility index (Phi) is 2.64. The largest absolute Gasteiger partial charge is 0.475 e. The number of benzene rings is 1. The number of furan rings is 1. The van der Waals surface area contributed by atoms with E-state index in [1.807, 2.05) is 0 Å². The van der Waals surface area contributed by atoms with Gasteiger partial charge >= 0.3 is 5.97 Å². The number of Topliss-reactive ketones (excluding diaryl/α,β-unsaturated/α-hetero) is 1. The molecule has 2 aromatic heterocycles. The molecule has 0 bridgehead atoms. The maximum atomic E-state index is 13.3. The molecular formula is C14H8FNO4. The van der Waals surface area contributed by atoms with Crippen LogP contribution in [-0.2, 0) is 4.79 Å². The van der Waals surface area contributed by atoms with E-state index in [0.717, 1.165) is 6.07 Å². The molecule has 0 aliphatic heterocycles. The highest BCUT2D eigenvalue weighted by molar-refractivity contribution is 6.43. The number of H-pyrrole nitrogens is 1. The topological polar surface area (TPSA) is 83.3 Å². The van der Waals surface area contributed by atoms with E-state index in [2.05, 4.69) is 4.98 Å². The van der Waals surface area contributed by atoms with E-state index >= 15 is 0 Å². The molecule has 100 valence electrons. The first-order chi connectivity index (χ1) is 9.58. The highest BCUT2D eigenvalue weighted by Gasteiger charge is 2.26. The summed E-state index contributed by atoms with van der Waals surface area (Å²) in [7, 11) is 0. The second-order valence-corrected chi connectivity index (χ2v) is 4.18. The Labute approximate surface area is 111 Å². The average Bonchev–Trinajstić information content (AvgIpc) is 3.03. The van der Waals surface area contributed by atoms with E-state index in [1.54, 1.807) is 12.1 Å². The van der Waals surface area contributed by atoms with Gasteiger partial charge in [-0.25, -0.2) is 9.18 Å². The predicted octanol–water partition coefficient (Wildman–Crippen LogP) is 2.83. The van der Waals surface area contributed by atoms with Crippen molar-refractivity contribution >= 4 is 22.7 Å². The number of carboxylic acids is 1. The molecule has 0 atom stereocenters.